The molecule has 0 aliphatic carbocycles. The third kappa shape index (κ3) is 4.66. The number of amides is 1. The van der Waals surface area contributed by atoms with Crippen LogP contribution in [0.1, 0.15) is 32.3 Å². The summed E-state index contributed by atoms with van der Waals surface area (Å²) in [5.74, 6) is -0.0851. The molecule has 2 aromatic rings. The van der Waals surface area contributed by atoms with E-state index in [1.165, 1.54) is 10.5 Å². The zero-order chi connectivity index (χ0) is 22.7. The first kappa shape index (κ1) is 22.0. The van der Waals surface area contributed by atoms with Gasteiger partial charge in [-0.05, 0) is 44.9 Å². The third-order valence-corrected chi connectivity index (χ3v) is 5.64. The first-order chi connectivity index (χ1) is 15.5. The zero-order valence-electron chi connectivity index (χ0n) is 18.3. The standard InChI is InChI=1S/C23H27N5O4/c1-15-13-27(14-16(2)32-15)21-19(23(30)28-8-4-3-7-20(28)26-21)10-17(11-24)22(29)25-12-18-6-5-9-31-18/h3-4,7-8,10,15-16,18H,5-6,9,12-14H2,1-2H3,(H,25,29)/b17-10+/t15-,16+,18-/m1/s1. The number of nitrogens with zero attached hydrogens (tertiary/aromatic N) is 4. The molecule has 0 unspecified atom stereocenters. The van der Waals surface area contributed by atoms with E-state index < -0.39 is 5.91 Å². The lowest BCUT2D eigenvalue weighted by Gasteiger charge is -2.36. The lowest BCUT2D eigenvalue weighted by Crippen LogP contribution is -2.46. The second-order valence-electron chi connectivity index (χ2n) is 8.26. The Bertz CT molecular complexity index is 1120. The highest BCUT2D eigenvalue weighted by Gasteiger charge is 2.27. The van der Waals surface area contributed by atoms with Crippen molar-refractivity contribution in [2.24, 2.45) is 0 Å². The molecular weight excluding hydrogens is 410 g/mol. The summed E-state index contributed by atoms with van der Waals surface area (Å²) in [6.45, 7) is 6.04. The number of nitriles is 1. The molecule has 0 spiro atoms. The van der Waals surface area contributed by atoms with Gasteiger partial charge in [-0.3, -0.25) is 14.0 Å². The summed E-state index contributed by atoms with van der Waals surface area (Å²) in [7, 11) is 0. The first-order valence-electron chi connectivity index (χ1n) is 10.9. The predicted molar refractivity (Wildman–Crippen MR) is 119 cm³/mol. The number of ether oxygens (including phenoxy) is 2. The fraction of sp³-hybridized carbons (Fsp3) is 0.478. The van der Waals surface area contributed by atoms with Crippen LogP contribution in [0.3, 0.4) is 0 Å². The summed E-state index contributed by atoms with van der Waals surface area (Å²) in [4.78, 5) is 32.7. The second kappa shape index (κ2) is 9.51. The van der Waals surface area contributed by atoms with E-state index in [-0.39, 0.29) is 35.0 Å². The van der Waals surface area contributed by atoms with Crippen molar-refractivity contribution in [1.82, 2.24) is 14.7 Å². The molecule has 32 heavy (non-hydrogen) atoms. The molecule has 168 valence electrons. The molecule has 2 aliphatic heterocycles. The van der Waals surface area contributed by atoms with Crippen molar-refractivity contribution in [3.05, 3.63) is 45.9 Å². The summed E-state index contributed by atoms with van der Waals surface area (Å²) < 4.78 is 12.8. The maximum atomic E-state index is 13.4. The minimum atomic E-state index is -0.532. The van der Waals surface area contributed by atoms with Crippen LogP contribution in [0, 0.1) is 11.3 Å². The fourth-order valence-corrected chi connectivity index (χ4v) is 4.21. The smallest absolute Gasteiger partial charge is 0.267 e. The quantitative estimate of drug-likeness (QED) is 0.558. The number of carbonyl (C=O) groups is 1. The molecule has 1 amide bonds. The predicted octanol–water partition coefficient (Wildman–Crippen LogP) is 1.51. The van der Waals surface area contributed by atoms with Crippen LogP contribution in [0.15, 0.2) is 34.8 Å². The summed E-state index contributed by atoms with van der Waals surface area (Å²) >= 11 is 0. The lowest BCUT2D eigenvalue weighted by molar-refractivity contribution is -0.117. The van der Waals surface area contributed by atoms with Gasteiger partial charge < -0.3 is 19.7 Å². The molecule has 0 aromatic carbocycles. The molecule has 0 bridgehead atoms. The number of hydrogen-bond donors (Lipinski definition) is 1. The molecule has 2 saturated heterocycles. The second-order valence-corrected chi connectivity index (χ2v) is 8.26. The number of aromatic nitrogens is 2. The van der Waals surface area contributed by atoms with Gasteiger partial charge >= 0.3 is 0 Å². The number of carbonyl (C=O) groups excluding carboxylic acids is 1. The van der Waals surface area contributed by atoms with Crippen LogP contribution < -0.4 is 15.8 Å². The van der Waals surface area contributed by atoms with E-state index in [0.717, 1.165) is 12.8 Å². The average Bonchev–Trinajstić information content (AvgIpc) is 3.30. The molecule has 1 N–H and O–H groups in total. The van der Waals surface area contributed by atoms with Crippen LogP contribution in [-0.4, -0.2) is 59.8 Å². The Morgan fingerprint density at radius 2 is 2.12 bits per heavy atom. The van der Waals surface area contributed by atoms with E-state index in [1.807, 2.05) is 30.9 Å². The molecule has 4 heterocycles. The Hall–Kier alpha value is -3.22. The zero-order valence-corrected chi connectivity index (χ0v) is 18.3. The molecule has 4 rings (SSSR count). The van der Waals surface area contributed by atoms with Gasteiger partial charge in [-0.2, -0.15) is 5.26 Å². The number of nitrogens with one attached hydrogen (secondary N) is 1. The molecule has 9 heteroatoms. The van der Waals surface area contributed by atoms with Gasteiger partial charge in [-0.1, -0.05) is 6.07 Å². The van der Waals surface area contributed by atoms with Gasteiger partial charge in [-0.25, -0.2) is 4.98 Å². The summed E-state index contributed by atoms with van der Waals surface area (Å²) in [5, 5.41) is 12.4. The van der Waals surface area contributed by atoms with Crippen LogP contribution in [0.5, 0.6) is 0 Å². The lowest BCUT2D eigenvalue weighted by atomic mass is 10.1. The van der Waals surface area contributed by atoms with E-state index in [4.69, 9.17) is 14.5 Å². The van der Waals surface area contributed by atoms with E-state index in [0.29, 0.717) is 37.7 Å². The molecule has 2 fully saturated rings. The number of rotatable bonds is 5. The van der Waals surface area contributed by atoms with Crippen molar-refractivity contribution in [3.8, 4) is 6.07 Å². The van der Waals surface area contributed by atoms with Crippen LogP contribution in [-0.2, 0) is 14.3 Å². The molecule has 3 atom stereocenters. The highest BCUT2D eigenvalue weighted by atomic mass is 16.5. The van der Waals surface area contributed by atoms with Crippen LogP contribution >= 0.6 is 0 Å². The van der Waals surface area contributed by atoms with E-state index in [9.17, 15) is 14.9 Å². The highest BCUT2D eigenvalue weighted by Crippen LogP contribution is 2.23. The van der Waals surface area contributed by atoms with Gasteiger partial charge in [0.1, 0.15) is 23.1 Å². The third-order valence-electron chi connectivity index (χ3n) is 5.64. The summed E-state index contributed by atoms with van der Waals surface area (Å²) in [5.41, 5.74) is 0.224. The molecular formula is C23H27N5O4. The maximum Gasteiger partial charge on any atom is 0.267 e. The summed E-state index contributed by atoms with van der Waals surface area (Å²) in [6, 6.07) is 7.24. The van der Waals surface area contributed by atoms with Gasteiger partial charge in [0.05, 0.1) is 23.9 Å². The van der Waals surface area contributed by atoms with E-state index >= 15 is 0 Å². The van der Waals surface area contributed by atoms with Crippen molar-refractivity contribution in [3.63, 3.8) is 0 Å². The van der Waals surface area contributed by atoms with Crippen LogP contribution in [0.25, 0.3) is 11.7 Å². The van der Waals surface area contributed by atoms with Gasteiger partial charge in [0.2, 0.25) is 0 Å². The van der Waals surface area contributed by atoms with Gasteiger partial charge in [0, 0.05) is 32.4 Å². The van der Waals surface area contributed by atoms with Crippen molar-refractivity contribution < 1.29 is 14.3 Å². The number of fused-ring (bicyclic) bond motifs is 1. The van der Waals surface area contributed by atoms with Gasteiger partial charge in [0.25, 0.3) is 11.5 Å². The van der Waals surface area contributed by atoms with Crippen molar-refractivity contribution in [2.75, 3.05) is 31.1 Å². The number of hydrogen-bond acceptors (Lipinski definition) is 7. The minimum Gasteiger partial charge on any atom is -0.376 e. The van der Waals surface area contributed by atoms with Gasteiger partial charge in [0.15, 0.2) is 0 Å². The Labute approximate surface area is 186 Å². The van der Waals surface area contributed by atoms with Crippen molar-refractivity contribution >= 4 is 23.4 Å². The normalized spacial score (nSPS) is 23.8. The first-order valence-corrected chi connectivity index (χ1v) is 10.9. The number of morpholine rings is 1. The van der Waals surface area contributed by atoms with Crippen molar-refractivity contribution in [2.45, 2.75) is 45.0 Å². The molecule has 2 aromatic heterocycles. The Kier molecular flexibility index (Phi) is 6.53. The highest BCUT2D eigenvalue weighted by molar-refractivity contribution is 6.02. The fourth-order valence-electron chi connectivity index (χ4n) is 4.21. The number of pyridine rings is 1. The summed E-state index contributed by atoms with van der Waals surface area (Å²) in [6.07, 6.45) is 4.67. The van der Waals surface area contributed by atoms with E-state index in [2.05, 4.69) is 5.32 Å². The topological polar surface area (TPSA) is 109 Å². The molecule has 9 nitrogen and oxygen atoms in total. The average molecular weight is 438 g/mol. The largest absolute Gasteiger partial charge is 0.376 e. The number of anilines is 1. The van der Waals surface area contributed by atoms with Crippen LogP contribution in [0.4, 0.5) is 5.82 Å². The van der Waals surface area contributed by atoms with Crippen molar-refractivity contribution in [1.29, 1.82) is 5.26 Å². The molecule has 0 saturated carbocycles. The monoisotopic (exact) mass is 437 g/mol. The Morgan fingerprint density at radius 3 is 2.81 bits per heavy atom. The van der Waals surface area contributed by atoms with Gasteiger partial charge in [-0.15, -0.1) is 0 Å². The maximum absolute atomic E-state index is 13.4. The minimum absolute atomic E-state index is 0.0428. The molecule has 2 aliphatic rings. The van der Waals surface area contributed by atoms with Crippen LogP contribution in [0.2, 0.25) is 0 Å². The SMILES string of the molecule is C[C@@H]1CN(c2nc3ccccn3c(=O)c2/C=C(\C#N)C(=O)NC[C@H]2CCCO2)C[C@H](C)O1. The Balaban J connectivity index is 1.73. The van der Waals surface area contributed by atoms with E-state index in [1.54, 1.807) is 18.3 Å². The molecule has 0 radical (unpaired) electrons. The Morgan fingerprint density at radius 1 is 1.34 bits per heavy atom.